The number of anilines is 1. The molecule has 3 rings (SSSR count). The zero-order chi connectivity index (χ0) is 19.2. The van der Waals surface area contributed by atoms with Crippen LogP contribution in [0.4, 0.5) is 14.5 Å². The minimum absolute atomic E-state index is 0.0613. The molecule has 1 aliphatic rings. The van der Waals surface area contributed by atoms with Crippen LogP contribution >= 0.6 is 0 Å². The van der Waals surface area contributed by atoms with E-state index in [1.165, 1.54) is 24.3 Å². The van der Waals surface area contributed by atoms with E-state index < -0.39 is 6.61 Å². The Morgan fingerprint density at radius 1 is 1.19 bits per heavy atom. The molecular weight excluding hydrogens is 360 g/mol. The Labute approximate surface area is 154 Å². The Hall–Kier alpha value is -3.29. The van der Waals surface area contributed by atoms with Crippen molar-refractivity contribution < 1.29 is 32.5 Å². The van der Waals surface area contributed by atoms with Crippen LogP contribution in [0.1, 0.15) is 12.5 Å². The van der Waals surface area contributed by atoms with Crippen LogP contribution in [0.3, 0.4) is 0 Å². The Morgan fingerprint density at radius 3 is 2.78 bits per heavy atom. The average Bonchev–Trinajstić information content (AvgIpc) is 3.09. The molecule has 1 heterocycles. The number of halogens is 2. The molecule has 0 atom stereocenters. The molecule has 0 spiro atoms. The van der Waals surface area contributed by atoms with Gasteiger partial charge in [-0.25, -0.2) is 0 Å². The third-order valence-corrected chi connectivity index (χ3v) is 3.55. The molecule has 0 fully saturated rings. The number of alkyl halides is 2. The Kier molecular flexibility index (Phi) is 5.75. The number of fused-ring (bicyclic) bond motifs is 1. The van der Waals surface area contributed by atoms with Gasteiger partial charge in [-0.1, -0.05) is 6.07 Å². The predicted molar refractivity (Wildman–Crippen MR) is 94.5 cm³/mol. The second kappa shape index (κ2) is 8.39. The summed E-state index contributed by atoms with van der Waals surface area (Å²) in [5.41, 5.74) is 1.16. The molecule has 0 aromatic heterocycles. The fourth-order valence-electron chi connectivity index (χ4n) is 2.42. The van der Waals surface area contributed by atoms with E-state index in [2.05, 4.69) is 10.1 Å². The van der Waals surface area contributed by atoms with E-state index in [0.29, 0.717) is 22.7 Å². The number of ether oxygens (including phenoxy) is 4. The first-order chi connectivity index (χ1) is 13.0. The normalized spacial score (nSPS) is 12.4. The molecule has 2 aromatic rings. The maximum atomic E-state index is 12.4. The molecule has 6 nitrogen and oxygen atoms in total. The lowest BCUT2D eigenvalue weighted by Gasteiger charge is -2.11. The number of rotatable bonds is 7. The van der Waals surface area contributed by atoms with Crippen molar-refractivity contribution >= 4 is 17.7 Å². The lowest BCUT2D eigenvalue weighted by Crippen LogP contribution is -2.07. The highest BCUT2D eigenvalue weighted by Crippen LogP contribution is 2.34. The zero-order valence-corrected chi connectivity index (χ0v) is 14.4. The maximum Gasteiger partial charge on any atom is 0.387 e. The highest BCUT2D eigenvalue weighted by atomic mass is 19.3. The topological polar surface area (TPSA) is 66.0 Å². The van der Waals surface area contributed by atoms with Crippen molar-refractivity contribution in [1.29, 1.82) is 0 Å². The van der Waals surface area contributed by atoms with Crippen LogP contribution in [-0.2, 0) is 4.79 Å². The predicted octanol–water partition coefficient (Wildman–Crippen LogP) is 4.07. The zero-order valence-electron chi connectivity index (χ0n) is 14.4. The number of carbonyl (C=O) groups excluding carboxylic acids is 1. The molecule has 142 valence electrons. The molecule has 0 saturated carbocycles. The van der Waals surface area contributed by atoms with Crippen molar-refractivity contribution in [3.05, 3.63) is 48.0 Å². The summed E-state index contributed by atoms with van der Waals surface area (Å²) < 4.78 is 45.0. The molecule has 1 aliphatic heterocycles. The van der Waals surface area contributed by atoms with E-state index in [1.807, 2.05) is 0 Å². The van der Waals surface area contributed by atoms with Crippen LogP contribution in [0.15, 0.2) is 42.5 Å². The summed E-state index contributed by atoms with van der Waals surface area (Å²) in [7, 11) is 0. The van der Waals surface area contributed by atoms with Crippen LogP contribution < -0.4 is 24.3 Å². The number of amides is 1. The third kappa shape index (κ3) is 4.87. The van der Waals surface area contributed by atoms with Crippen LogP contribution in [0.2, 0.25) is 0 Å². The second-order valence-corrected chi connectivity index (χ2v) is 5.41. The van der Waals surface area contributed by atoms with Crippen molar-refractivity contribution in [1.82, 2.24) is 0 Å². The highest BCUT2D eigenvalue weighted by molar-refractivity contribution is 6.02. The van der Waals surface area contributed by atoms with Crippen molar-refractivity contribution in [3.8, 4) is 23.0 Å². The van der Waals surface area contributed by atoms with Crippen LogP contribution in [0.25, 0.3) is 6.08 Å². The molecule has 8 heteroatoms. The quantitative estimate of drug-likeness (QED) is 0.737. The van der Waals surface area contributed by atoms with Crippen LogP contribution in [-0.4, -0.2) is 25.9 Å². The second-order valence-electron chi connectivity index (χ2n) is 5.41. The molecule has 0 saturated heterocycles. The van der Waals surface area contributed by atoms with Gasteiger partial charge in [0.1, 0.15) is 0 Å². The van der Waals surface area contributed by atoms with Crippen molar-refractivity contribution in [2.75, 3.05) is 18.7 Å². The molecular formula is C19H17F2NO5. The van der Waals surface area contributed by atoms with E-state index in [4.69, 9.17) is 14.2 Å². The summed E-state index contributed by atoms with van der Waals surface area (Å²) in [6, 6.07) is 9.50. The van der Waals surface area contributed by atoms with Gasteiger partial charge in [-0.15, -0.1) is 0 Å². The molecule has 0 bridgehead atoms. The third-order valence-electron chi connectivity index (χ3n) is 3.55. The summed E-state index contributed by atoms with van der Waals surface area (Å²) >= 11 is 0. The van der Waals surface area contributed by atoms with Gasteiger partial charge in [0.15, 0.2) is 23.0 Å². The van der Waals surface area contributed by atoms with E-state index in [9.17, 15) is 13.6 Å². The van der Waals surface area contributed by atoms with Gasteiger partial charge in [0.05, 0.1) is 6.61 Å². The molecule has 0 radical (unpaired) electrons. The van der Waals surface area contributed by atoms with Gasteiger partial charge in [0, 0.05) is 17.8 Å². The Morgan fingerprint density at radius 2 is 2.00 bits per heavy atom. The smallest absolute Gasteiger partial charge is 0.387 e. The van der Waals surface area contributed by atoms with Gasteiger partial charge < -0.3 is 24.3 Å². The first kappa shape index (κ1) is 18.5. The SMILES string of the molecule is CCOc1cc(/C=C/C(=O)Nc2ccc3c(c2)OCO3)ccc1OC(F)F. The van der Waals surface area contributed by atoms with Crippen LogP contribution in [0, 0.1) is 0 Å². The Balaban J connectivity index is 1.67. The van der Waals surface area contributed by atoms with Crippen molar-refractivity contribution in [2.45, 2.75) is 13.5 Å². The van der Waals surface area contributed by atoms with Gasteiger partial charge in [-0.2, -0.15) is 8.78 Å². The summed E-state index contributed by atoms with van der Waals surface area (Å²) in [6.07, 6.45) is 2.86. The lowest BCUT2D eigenvalue weighted by atomic mass is 10.2. The lowest BCUT2D eigenvalue weighted by molar-refractivity contribution is -0.111. The minimum Gasteiger partial charge on any atom is -0.490 e. The molecule has 27 heavy (non-hydrogen) atoms. The highest BCUT2D eigenvalue weighted by Gasteiger charge is 2.14. The molecule has 1 amide bonds. The van der Waals surface area contributed by atoms with E-state index in [1.54, 1.807) is 31.2 Å². The number of hydrogen-bond acceptors (Lipinski definition) is 5. The largest absolute Gasteiger partial charge is 0.490 e. The van der Waals surface area contributed by atoms with Gasteiger partial charge in [0.2, 0.25) is 12.7 Å². The standard InChI is InChI=1S/C19H17F2NO5/c1-2-24-16-9-12(3-6-15(16)27-19(20)21)4-8-18(23)22-13-5-7-14-17(10-13)26-11-25-14/h3-10,19H,2,11H2,1H3,(H,22,23)/b8-4+. The van der Waals surface area contributed by atoms with Gasteiger partial charge in [-0.05, 0) is 42.8 Å². The summed E-state index contributed by atoms with van der Waals surface area (Å²) in [5, 5.41) is 2.70. The van der Waals surface area contributed by atoms with Crippen molar-refractivity contribution in [3.63, 3.8) is 0 Å². The monoisotopic (exact) mass is 377 g/mol. The summed E-state index contributed by atoms with van der Waals surface area (Å²) in [4.78, 5) is 12.1. The first-order valence-corrected chi connectivity index (χ1v) is 8.15. The summed E-state index contributed by atoms with van der Waals surface area (Å²) in [6.45, 7) is -0.775. The van der Waals surface area contributed by atoms with E-state index in [-0.39, 0.29) is 30.8 Å². The van der Waals surface area contributed by atoms with Gasteiger partial charge in [-0.3, -0.25) is 4.79 Å². The van der Waals surface area contributed by atoms with E-state index in [0.717, 1.165) is 0 Å². The molecule has 0 unspecified atom stereocenters. The number of nitrogens with one attached hydrogen (secondary N) is 1. The van der Waals surface area contributed by atoms with E-state index >= 15 is 0 Å². The molecule has 1 N–H and O–H groups in total. The molecule has 2 aromatic carbocycles. The van der Waals surface area contributed by atoms with Crippen molar-refractivity contribution in [2.24, 2.45) is 0 Å². The maximum absolute atomic E-state index is 12.4. The average molecular weight is 377 g/mol. The molecule has 0 aliphatic carbocycles. The number of benzene rings is 2. The van der Waals surface area contributed by atoms with Crippen LogP contribution in [0.5, 0.6) is 23.0 Å². The van der Waals surface area contributed by atoms with Gasteiger partial charge in [0.25, 0.3) is 0 Å². The summed E-state index contributed by atoms with van der Waals surface area (Å²) in [5.74, 6) is 0.940. The number of hydrogen-bond donors (Lipinski definition) is 1. The Bertz CT molecular complexity index is 854. The first-order valence-electron chi connectivity index (χ1n) is 8.15. The van der Waals surface area contributed by atoms with Gasteiger partial charge >= 0.3 is 6.61 Å². The minimum atomic E-state index is -2.95. The fourth-order valence-corrected chi connectivity index (χ4v) is 2.42. The number of carbonyl (C=O) groups is 1. The fraction of sp³-hybridized carbons (Fsp3) is 0.211.